The van der Waals surface area contributed by atoms with E-state index < -0.39 is 13.2 Å². The summed E-state index contributed by atoms with van der Waals surface area (Å²) in [7, 11) is -2.50. The number of hydrogen-bond donors (Lipinski definition) is 0. The molecule has 0 aliphatic heterocycles. The van der Waals surface area contributed by atoms with Crippen LogP contribution in [0.1, 0.15) is 5.56 Å². The Morgan fingerprint density at radius 1 is 1.00 bits per heavy atom. The average molecular weight is 450 g/mol. The molecular formula is C22H17F2N6OP. The summed E-state index contributed by atoms with van der Waals surface area (Å²) >= 11 is 0. The molecule has 32 heavy (non-hydrogen) atoms. The van der Waals surface area contributed by atoms with E-state index in [2.05, 4.69) is 25.3 Å². The molecule has 0 saturated heterocycles. The van der Waals surface area contributed by atoms with Crippen LogP contribution in [0.2, 0.25) is 0 Å². The molecule has 2 aromatic carbocycles. The summed E-state index contributed by atoms with van der Waals surface area (Å²) < 4.78 is 43.9. The van der Waals surface area contributed by atoms with E-state index in [0.717, 1.165) is 0 Å². The van der Waals surface area contributed by atoms with Gasteiger partial charge in [-0.3, -0.25) is 4.98 Å². The van der Waals surface area contributed by atoms with Crippen LogP contribution in [0.25, 0.3) is 33.5 Å². The molecule has 0 atom stereocenters. The number of halogens is 2. The monoisotopic (exact) mass is 450 g/mol. The van der Waals surface area contributed by atoms with Crippen LogP contribution in [-0.2, 0) is 10.6 Å². The molecule has 3 aromatic heterocycles. The third-order valence-electron chi connectivity index (χ3n) is 5.15. The average Bonchev–Trinajstić information content (AvgIpc) is 3.22. The number of nitrogens with zero attached hydrogens (tertiary/aromatic N) is 6. The number of alkyl halides is 2. The van der Waals surface area contributed by atoms with Crippen molar-refractivity contribution in [1.29, 1.82) is 0 Å². The second-order valence-corrected chi connectivity index (χ2v) is 11.0. The summed E-state index contributed by atoms with van der Waals surface area (Å²) in [5, 5.41) is 8.66. The summed E-state index contributed by atoms with van der Waals surface area (Å²) in [5.74, 6) is 0. The van der Waals surface area contributed by atoms with Gasteiger partial charge in [-0.05, 0) is 43.7 Å². The van der Waals surface area contributed by atoms with Crippen molar-refractivity contribution in [2.75, 3.05) is 13.3 Å². The van der Waals surface area contributed by atoms with Crippen LogP contribution in [0, 0.1) is 0 Å². The summed E-state index contributed by atoms with van der Waals surface area (Å²) in [6.07, 6.45) is 3.05. The third kappa shape index (κ3) is 3.44. The van der Waals surface area contributed by atoms with E-state index in [1.807, 2.05) is 0 Å². The molecule has 0 amide bonds. The first-order chi connectivity index (χ1) is 15.2. The Morgan fingerprint density at radius 2 is 1.84 bits per heavy atom. The molecule has 0 fully saturated rings. The molecule has 0 saturated carbocycles. The Kier molecular flexibility index (Phi) is 4.60. The Labute approximate surface area is 181 Å². The van der Waals surface area contributed by atoms with Crippen molar-refractivity contribution in [1.82, 2.24) is 29.9 Å². The molecule has 0 spiro atoms. The van der Waals surface area contributed by atoms with Gasteiger partial charge in [0.25, 0.3) is 0 Å². The summed E-state index contributed by atoms with van der Waals surface area (Å²) in [6, 6.07) is 11.1. The van der Waals surface area contributed by atoms with E-state index in [1.165, 1.54) is 24.4 Å². The third-order valence-corrected chi connectivity index (χ3v) is 6.67. The lowest BCUT2D eigenvalue weighted by molar-refractivity contribution is -0.0458. The molecule has 5 rings (SSSR count). The zero-order chi connectivity index (χ0) is 22.5. The fraction of sp³-hybridized carbons (Fsp3) is 0.136. The number of pyridine rings is 1. The maximum atomic E-state index is 15.5. The second kappa shape index (κ2) is 7.24. The van der Waals surface area contributed by atoms with Crippen LogP contribution < -0.4 is 5.30 Å². The maximum Gasteiger partial charge on any atom is 0.373 e. The van der Waals surface area contributed by atoms with Crippen LogP contribution in [0.5, 0.6) is 0 Å². The van der Waals surface area contributed by atoms with E-state index in [9.17, 15) is 4.57 Å². The Balaban J connectivity index is 1.63. The molecule has 5 aromatic rings. The van der Waals surface area contributed by atoms with Gasteiger partial charge in [0.1, 0.15) is 7.14 Å². The van der Waals surface area contributed by atoms with Gasteiger partial charge in [-0.25, -0.2) is 9.97 Å². The highest BCUT2D eigenvalue weighted by atomic mass is 31.2. The minimum Gasteiger partial charge on any atom is -0.319 e. The van der Waals surface area contributed by atoms with Gasteiger partial charge in [0.15, 0.2) is 0 Å². The van der Waals surface area contributed by atoms with Gasteiger partial charge in [0.2, 0.25) is 11.3 Å². The Morgan fingerprint density at radius 3 is 2.66 bits per heavy atom. The van der Waals surface area contributed by atoms with Crippen LogP contribution in [0.15, 0.2) is 67.0 Å². The molecule has 0 unspecified atom stereocenters. The van der Waals surface area contributed by atoms with Gasteiger partial charge >= 0.3 is 6.05 Å². The van der Waals surface area contributed by atoms with Crippen LogP contribution in [-0.4, -0.2) is 43.3 Å². The minimum atomic E-state index is -3.52. The van der Waals surface area contributed by atoms with Gasteiger partial charge in [-0.2, -0.15) is 13.5 Å². The van der Waals surface area contributed by atoms with E-state index in [1.54, 1.807) is 55.9 Å². The number of rotatable bonds is 4. The number of fused-ring (bicyclic) bond motifs is 2. The van der Waals surface area contributed by atoms with E-state index in [-0.39, 0.29) is 16.9 Å². The van der Waals surface area contributed by atoms with Gasteiger partial charge in [-0.15, -0.1) is 5.10 Å². The molecular weight excluding hydrogens is 433 g/mol. The van der Waals surface area contributed by atoms with Gasteiger partial charge in [0, 0.05) is 28.0 Å². The smallest absolute Gasteiger partial charge is 0.319 e. The second-order valence-electron chi connectivity index (χ2n) is 7.76. The van der Waals surface area contributed by atoms with Crippen LogP contribution in [0.4, 0.5) is 8.78 Å². The highest BCUT2D eigenvalue weighted by molar-refractivity contribution is 7.70. The Bertz CT molecular complexity index is 1530. The fourth-order valence-corrected chi connectivity index (χ4v) is 4.32. The summed E-state index contributed by atoms with van der Waals surface area (Å²) in [4.78, 5) is 12.7. The van der Waals surface area contributed by atoms with Crippen LogP contribution >= 0.6 is 7.14 Å². The van der Waals surface area contributed by atoms with Crippen LogP contribution in [0.3, 0.4) is 0 Å². The molecule has 160 valence electrons. The summed E-state index contributed by atoms with van der Waals surface area (Å²) in [5.41, 5.74) is 1.17. The lowest BCUT2D eigenvalue weighted by Crippen LogP contribution is -2.26. The standard InChI is InChI=1S/C22H17F2N6OP/c1-32(2,31)17-7-3-5-15(12-17)19-13-26-20-21(27-19)30(29-28-20)22(23,24)16-8-9-18-14(11-16)6-4-10-25-18/h3-13H,1-2H3. The molecule has 10 heteroatoms. The van der Waals surface area contributed by atoms with E-state index in [4.69, 9.17) is 0 Å². The first kappa shape index (κ1) is 20.3. The molecule has 0 aliphatic carbocycles. The van der Waals surface area contributed by atoms with Gasteiger partial charge in [-0.1, -0.05) is 29.5 Å². The van der Waals surface area contributed by atoms with Crippen molar-refractivity contribution in [3.8, 4) is 11.3 Å². The highest BCUT2D eigenvalue weighted by Crippen LogP contribution is 2.36. The fourth-order valence-electron chi connectivity index (χ4n) is 3.43. The van der Waals surface area contributed by atoms with E-state index in [0.29, 0.717) is 32.1 Å². The predicted molar refractivity (Wildman–Crippen MR) is 119 cm³/mol. The molecule has 7 nitrogen and oxygen atoms in total. The van der Waals surface area contributed by atoms with Crippen molar-refractivity contribution < 1.29 is 13.3 Å². The number of hydrogen-bond acceptors (Lipinski definition) is 6. The van der Waals surface area contributed by atoms with Crippen molar-refractivity contribution in [3.05, 3.63) is 72.6 Å². The number of benzene rings is 2. The lowest BCUT2D eigenvalue weighted by Gasteiger charge is -2.17. The molecule has 0 aliphatic rings. The molecule has 0 N–H and O–H groups in total. The summed E-state index contributed by atoms with van der Waals surface area (Å²) in [6.45, 7) is 3.33. The molecule has 3 heterocycles. The number of aromatic nitrogens is 6. The molecule has 0 bridgehead atoms. The normalized spacial score (nSPS) is 12.5. The van der Waals surface area contributed by atoms with Crippen molar-refractivity contribution in [2.45, 2.75) is 6.05 Å². The predicted octanol–water partition coefficient (Wildman–Crippen LogP) is 4.28. The Hall–Kier alpha value is -3.58. The van der Waals surface area contributed by atoms with Crippen molar-refractivity contribution >= 4 is 34.6 Å². The zero-order valence-electron chi connectivity index (χ0n) is 17.1. The minimum absolute atomic E-state index is 0.00342. The van der Waals surface area contributed by atoms with E-state index >= 15 is 8.78 Å². The van der Waals surface area contributed by atoms with Gasteiger partial charge in [0.05, 0.1) is 17.4 Å². The maximum absolute atomic E-state index is 15.5. The largest absolute Gasteiger partial charge is 0.373 e. The first-order valence-corrected chi connectivity index (χ1v) is 12.3. The zero-order valence-corrected chi connectivity index (χ0v) is 18.0. The quantitative estimate of drug-likeness (QED) is 0.380. The van der Waals surface area contributed by atoms with Crippen molar-refractivity contribution in [3.63, 3.8) is 0 Å². The SMILES string of the molecule is CP(C)(=O)c1cccc(-c2cnc3nnn(C(F)(F)c4ccc5ncccc5c4)c3n2)c1. The topological polar surface area (TPSA) is 86.5 Å². The lowest BCUT2D eigenvalue weighted by atomic mass is 10.1. The first-order valence-electron chi connectivity index (χ1n) is 9.71. The van der Waals surface area contributed by atoms with Gasteiger partial charge < -0.3 is 4.57 Å². The molecule has 0 radical (unpaired) electrons. The van der Waals surface area contributed by atoms with Crippen molar-refractivity contribution in [2.24, 2.45) is 0 Å². The highest BCUT2D eigenvalue weighted by Gasteiger charge is 2.38.